The number of aliphatic hydroxyl groups is 3. The van der Waals surface area contributed by atoms with Crippen LogP contribution in [0.1, 0.15) is 18.9 Å². The van der Waals surface area contributed by atoms with Crippen LogP contribution in [0.3, 0.4) is 0 Å². The number of halogens is 3. The van der Waals surface area contributed by atoms with E-state index in [1.165, 1.54) is 15.8 Å². The summed E-state index contributed by atoms with van der Waals surface area (Å²) in [4.78, 5) is 13.9. The molecule has 5 atom stereocenters. The zero-order chi connectivity index (χ0) is 25.6. The van der Waals surface area contributed by atoms with Crippen LogP contribution in [0.4, 0.5) is 13.2 Å². The summed E-state index contributed by atoms with van der Waals surface area (Å²) in [5.41, 5.74) is -0.105. The third-order valence-corrected chi connectivity index (χ3v) is 6.72. The Labute approximate surface area is 203 Å². The normalized spacial score (nSPS) is 30.7. The predicted octanol–water partition coefficient (Wildman–Crippen LogP) is -0.250. The molecule has 3 fully saturated rings. The zero-order valence-corrected chi connectivity index (χ0v) is 19.0. The average Bonchev–Trinajstić information content (AvgIpc) is 3.51. The van der Waals surface area contributed by atoms with Crippen molar-refractivity contribution in [2.75, 3.05) is 32.9 Å². The van der Waals surface area contributed by atoms with Gasteiger partial charge in [0.1, 0.15) is 36.7 Å². The summed E-state index contributed by atoms with van der Waals surface area (Å²) in [7, 11) is 0. The summed E-state index contributed by atoms with van der Waals surface area (Å²) in [5.74, 6) is -6.22. The molecule has 1 spiro atoms. The fraction of sp³-hybridized carbons (Fsp3) is 0.591. The van der Waals surface area contributed by atoms with Crippen molar-refractivity contribution in [3.8, 4) is 11.3 Å². The summed E-state index contributed by atoms with van der Waals surface area (Å²) in [6.07, 6.45) is -1.97. The van der Waals surface area contributed by atoms with E-state index in [-0.39, 0.29) is 30.3 Å². The van der Waals surface area contributed by atoms with Gasteiger partial charge in [-0.25, -0.2) is 17.9 Å². The zero-order valence-electron chi connectivity index (χ0n) is 19.0. The van der Waals surface area contributed by atoms with Gasteiger partial charge in [0.15, 0.2) is 23.2 Å². The summed E-state index contributed by atoms with van der Waals surface area (Å²) in [5, 5.41) is 38.3. The minimum Gasteiger partial charge on any atom is -0.394 e. The molecule has 4 heterocycles. The summed E-state index contributed by atoms with van der Waals surface area (Å²) < 4.78 is 59.9. The van der Waals surface area contributed by atoms with Gasteiger partial charge in [-0.3, -0.25) is 4.79 Å². The van der Waals surface area contributed by atoms with Gasteiger partial charge in [0, 0.05) is 25.1 Å². The predicted molar refractivity (Wildman–Crippen MR) is 113 cm³/mol. The van der Waals surface area contributed by atoms with Crippen LogP contribution in [-0.4, -0.2) is 104 Å². The van der Waals surface area contributed by atoms with Crippen molar-refractivity contribution in [1.82, 2.24) is 19.9 Å². The number of hydrogen-bond acceptors (Lipinski definition) is 9. The molecule has 11 nitrogen and oxygen atoms in total. The summed E-state index contributed by atoms with van der Waals surface area (Å²) in [6.45, 7) is -0.295. The number of carbonyl (C=O) groups is 1. The van der Waals surface area contributed by atoms with Crippen LogP contribution in [0, 0.1) is 17.5 Å². The molecule has 1 aromatic carbocycles. The van der Waals surface area contributed by atoms with Gasteiger partial charge in [-0.15, -0.1) is 5.10 Å². The molecular formula is C22H25F3N4O7. The van der Waals surface area contributed by atoms with Gasteiger partial charge < -0.3 is 34.4 Å². The van der Waals surface area contributed by atoms with Crippen molar-refractivity contribution in [2.45, 2.75) is 49.1 Å². The van der Waals surface area contributed by atoms with Crippen molar-refractivity contribution in [3.63, 3.8) is 0 Å². The second kappa shape index (κ2) is 9.68. The molecule has 196 valence electrons. The Kier molecular flexibility index (Phi) is 6.74. The first-order chi connectivity index (χ1) is 17.2. The van der Waals surface area contributed by atoms with Gasteiger partial charge in [0.25, 0.3) is 0 Å². The molecule has 0 aliphatic carbocycles. The largest absolute Gasteiger partial charge is 0.394 e. The first-order valence-electron chi connectivity index (χ1n) is 11.5. The molecule has 1 amide bonds. The molecule has 0 unspecified atom stereocenters. The number of benzene rings is 1. The van der Waals surface area contributed by atoms with Gasteiger partial charge in [0.05, 0.1) is 25.5 Å². The van der Waals surface area contributed by atoms with E-state index < -0.39 is 66.9 Å². The molecule has 3 aliphatic rings. The van der Waals surface area contributed by atoms with E-state index in [1.54, 1.807) is 0 Å². The Morgan fingerprint density at radius 2 is 1.94 bits per heavy atom. The fourth-order valence-electron chi connectivity index (χ4n) is 4.84. The van der Waals surface area contributed by atoms with Gasteiger partial charge in [-0.1, -0.05) is 5.21 Å². The van der Waals surface area contributed by atoms with E-state index in [4.69, 9.17) is 14.2 Å². The molecular weight excluding hydrogens is 489 g/mol. The Hall–Kier alpha value is -2.62. The van der Waals surface area contributed by atoms with Gasteiger partial charge in [-0.2, -0.15) is 0 Å². The maximum absolute atomic E-state index is 13.8. The van der Waals surface area contributed by atoms with E-state index >= 15 is 0 Å². The number of nitrogens with zero attached hydrogens (tertiary/aromatic N) is 4. The van der Waals surface area contributed by atoms with Crippen LogP contribution >= 0.6 is 0 Å². The molecule has 3 aliphatic heterocycles. The van der Waals surface area contributed by atoms with Crippen LogP contribution in [0.2, 0.25) is 0 Å². The Morgan fingerprint density at radius 1 is 1.22 bits per heavy atom. The molecule has 0 radical (unpaired) electrons. The Morgan fingerprint density at radius 3 is 2.56 bits per heavy atom. The quantitative estimate of drug-likeness (QED) is 0.446. The molecule has 3 N–H and O–H groups in total. The monoisotopic (exact) mass is 514 g/mol. The van der Waals surface area contributed by atoms with E-state index in [0.717, 1.165) is 12.1 Å². The average molecular weight is 514 g/mol. The lowest BCUT2D eigenvalue weighted by Gasteiger charge is -2.49. The number of hydrogen-bond donors (Lipinski definition) is 3. The van der Waals surface area contributed by atoms with Crippen LogP contribution in [0.15, 0.2) is 18.3 Å². The number of aromatic nitrogens is 3. The lowest BCUT2D eigenvalue weighted by molar-refractivity contribution is -0.345. The number of likely N-dealkylation sites (tertiary alicyclic amines) is 1. The lowest BCUT2D eigenvalue weighted by Crippen LogP contribution is -2.64. The second-order valence-electron chi connectivity index (χ2n) is 9.11. The molecule has 5 rings (SSSR count). The highest BCUT2D eigenvalue weighted by molar-refractivity contribution is 5.78. The lowest BCUT2D eigenvalue weighted by atomic mass is 9.88. The topological polar surface area (TPSA) is 139 Å². The summed E-state index contributed by atoms with van der Waals surface area (Å²) in [6, 6.07) is 0.443. The highest BCUT2D eigenvalue weighted by Crippen LogP contribution is 2.44. The van der Waals surface area contributed by atoms with E-state index in [0.29, 0.717) is 19.4 Å². The van der Waals surface area contributed by atoms with Crippen molar-refractivity contribution in [2.24, 2.45) is 0 Å². The maximum atomic E-state index is 13.8. The number of ether oxygens (including phenoxy) is 3. The number of carbonyl (C=O) groups excluding carboxylic acids is 1. The van der Waals surface area contributed by atoms with Crippen molar-refractivity contribution in [1.29, 1.82) is 0 Å². The Balaban J connectivity index is 1.47. The molecule has 14 heteroatoms. The maximum Gasteiger partial charge on any atom is 0.248 e. The van der Waals surface area contributed by atoms with Gasteiger partial charge in [-0.05, 0) is 18.6 Å². The number of amides is 1. The van der Waals surface area contributed by atoms with E-state index in [9.17, 15) is 33.3 Å². The third-order valence-electron chi connectivity index (χ3n) is 6.72. The van der Waals surface area contributed by atoms with Crippen LogP contribution in [0.25, 0.3) is 11.3 Å². The van der Waals surface area contributed by atoms with Crippen molar-refractivity contribution >= 4 is 5.91 Å². The SMILES string of the molecule is O=C(CO[C@@H]1[C@@H](n2cc(-c3cc(F)c(F)c(F)c3)nn2)[C@@H](O)[C@@H](CO)O[C@@]12CCCO2)N1CC(O)C1. The molecule has 1 aromatic heterocycles. The molecule has 0 saturated carbocycles. The van der Waals surface area contributed by atoms with Gasteiger partial charge in [0.2, 0.25) is 5.91 Å². The second-order valence-corrected chi connectivity index (χ2v) is 9.11. The van der Waals surface area contributed by atoms with E-state index in [2.05, 4.69) is 10.3 Å². The Bertz CT molecular complexity index is 1100. The molecule has 0 bridgehead atoms. The molecule has 3 saturated heterocycles. The standard InChI is InChI=1S/C22H25F3N4O7/c23-13-4-11(5-14(24)18(13)25)15-8-29(27-26-15)19-20(33)16(9-30)36-22(2-1-3-35-22)21(19)34-10-17(32)28-6-12(31)7-28/h4-5,8,12,16,19-21,30-31,33H,1-3,6-7,9-10H2/t16-,19+,20+,21-,22+/m1/s1. The minimum absolute atomic E-state index is 0.0159. The fourth-order valence-corrected chi connectivity index (χ4v) is 4.84. The van der Waals surface area contributed by atoms with Crippen molar-refractivity contribution in [3.05, 3.63) is 35.8 Å². The molecule has 2 aromatic rings. The number of rotatable bonds is 6. The number of β-amino-alcohol motifs (C(OH)–C–C–N with tert-alkyl or cyclic N) is 1. The van der Waals surface area contributed by atoms with Crippen molar-refractivity contribution < 1.29 is 47.5 Å². The van der Waals surface area contributed by atoms with Crippen LogP contribution in [0.5, 0.6) is 0 Å². The van der Waals surface area contributed by atoms with Gasteiger partial charge >= 0.3 is 0 Å². The minimum atomic E-state index is -1.62. The van der Waals surface area contributed by atoms with Crippen LogP contribution < -0.4 is 0 Å². The summed E-state index contributed by atoms with van der Waals surface area (Å²) >= 11 is 0. The van der Waals surface area contributed by atoms with E-state index in [1.807, 2.05) is 0 Å². The highest BCUT2D eigenvalue weighted by Gasteiger charge is 2.58. The first kappa shape index (κ1) is 25.0. The number of aliphatic hydroxyl groups excluding tert-OH is 3. The smallest absolute Gasteiger partial charge is 0.248 e. The highest BCUT2D eigenvalue weighted by atomic mass is 19.2. The third kappa shape index (κ3) is 4.37. The van der Waals surface area contributed by atoms with Crippen LogP contribution in [-0.2, 0) is 19.0 Å². The first-order valence-corrected chi connectivity index (χ1v) is 11.5. The molecule has 36 heavy (non-hydrogen) atoms.